The number of anilines is 1. The highest BCUT2D eigenvalue weighted by Crippen LogP contribution is 2.21. The van der Waals surface area contributed by atoms with Gasteiger partial charge in [-0.05, 0) is 37.1 Å². The second kappa shape index (κ2) is 5.37. The summed E-state index contributed by atoms with van der Waals surface area (Å²) in [6, 6.07) is 7.17. The summed E-state index contributed by atoms with van der Waals surface area (Å²) >= 11 is 0. The molecule has 18 heavy (non-hydrogen) atoms. The molecule has 0 bridgehead atoms. The summed E-state index contributed by atoms with van der Waals surface area (Å²) in [7, 11) is 1.60. The molecule has 1 amide bonds. The van der Waals surface area contributed by atoms with E-state index < -0.39 is 5.54 Å². The lowest BCUT2D eigenvalue weighted by Crippen LogP contribution is -2.54. The van der Waals surface area contributed by atoms with Crippen molar-refractivity contribution in [2.24, 2.45) is 5.73 Å². The molecule has 5 nitrogen and oxygen atoms in total. The van der Waals surface area contributed by atoms with Gasteiger partial charge < -0.3 is 20.5 Å². The first kappa shape index (κ1) is 12.9. The van der Waals surface area contributed by atoms with Crippen molar-refractivity contribution in [3.63, 3.8) is 0 Å². The molecule has 1 heterocycles. The van der Waals surface area contributed by atoms with Crippen molar-refractivity contribution >= 4 is 11.6 Å². The minimum absolute atomic E-state index is 0.157. The molecule has 5 heteroatoms. The van der Waals surface area contributed by atoms with Crippen LogP contribution < -0.4 is 15.8 Å². The van der Waals surface area contributed by atoms with Gasteiger partial charge in [-0.25, -0.2) is 0 Å². The van der Waals surface area contributed by atoms with Crippen molar-refractivity contribution in [1.29, 1.82) is 0 Å². The van der Waals surface area contributed by atoms with Gasteiger partial charge in [0.15, 0.2) is 0 Å². The minimum Gasteiger partial charge on any atom is -0.497 e. The number of carbonyl (C=O) groups is 1. The number of methoxy groups -OCH3 is 1. The van der Waals surface area contributed by atoms with Crippen molar-refractivity contribution in [1.82, 2.24) is 0 Å². The number of rotatable bonds is 3. The summed E-state index contributed by atoms with van der Waals surface area (Å²) in [5.74, 6) is 0.595. The molecular weight excluding hydrogens is 232 g/mol. The highest BCUT2D eigenvalue weighted by atomic mass is 16.5. The average molecular weight is 250 g/mol. The Kier molecular flexibility index (Phi) is 3.84. The molecule has 2 rings (SSSR count). The molecule has 0 atom stereocenters. The number of hydrogen-bond donors (Lipinski definition) is 2. The Morgan fingerprint density at radius 3 is 2.50 bits per heavy atom. The van der Waals surface area contributed by atoms with E-state index in [0.29, 0.717) is 26.1 Å². The van der Waals surface area contributed by atoms with Crippen LogP contribution in [0.2, 0.25) is 0 Å². The molecule has 3 N–H and O–H groups in total. The Bertz CT molecular complexity index is 411. The first-order valence-electron chi connectivity index (χ1n) is 5.96. The van der Waals surface area contributed by atoms with E-state index in [1.54, 1.807) is 31.4 Å². The van der Waals surface area contributed by atoms with Crippen LogP contribution in [0.1, 0.15) is 12.8 Å². The van der Waals surface area contributed by atoms with Crippen LogP contribution >= 0.6 is 0 Å². The highest BCUT2D eigenvalue weighted by molar-refractivity contribution is 5.98. The molecule has 1 aromatic carbocycles. The Labute approximate surface area is 106 Å². The van der Waals surface area contributed by atoms with E-state index in [9.17, 15) is 4.79 Å². The van der Waals surface area contributed by atoms with Gasteiger partial charge in [-0.15, -0.1) is 0 Å². The fraction of sp³-hybridized carbons (Fsp3) is 0.462. The Morgan fingerprint density at radius 1 is 1.33 bits per heavy atom. The summed E-state index contributed by atoms with van der Waals surface area (Å²) in [5.41, 5.74) is 5.99. The van der Waals surface area contributed by atoms with Crippen LogP contribution in [0, 0.1) is 0 Å². The van der Waals surface area contributed by atoms with Crippen molar-refractivity contribution in [3.05, 3.63) is 24.3 Å². The Hall–Kier alpha value is -1.59. The van der Waals surface area contributed by atoms with Crippen LogP contribution in [-0.4, -0.2) is 31.8 Å². The Balaban J connectivity index is 2.01. The van der Waals surface area contributed by atoms with Crippen LogP contribution in [0.3, 0.4) is 0 Å². The lowest BCUT2D eigenvalue weighted by atomic mass is 9.90. The predicted octanol–water partition coefficient (Wildman–Crippen LogP) is 1.14. The number of hydrogen-bond acceptors (Lipinski definition) is 4. The fourth-order valence-electron chi connectivity index (χ4n) is 1.89. The average Bonchev–Trinajstić information content (AvgIpc) is 2.40. The molecule has 1 saturated heterocycles. The molecule has 0 unspecified atom stereocenters. The number of amides is 1. The normalized spacial score (nSPS) is 18.1. The second-order valence-corrected chi connectivity index (χ2v) is 4.45. The molecule has 0 aromatic heterocycles. The summed E-state index contributed by atoms with van der Waals surface area (Å²) in [6.07, 6.45) is 1.10. The second-order valence-electron chi connectivity index (χ2n) is 4.45. The zero-order chi connectivity index (χ0) is 13.0. The van der Waals surface area contributed by atoms with Gasteiger partial charge in [-0.1, -0.05) is 0 Å². The van der Waals surface area contributed by atoms with Gasteiger partial charge in [0, 0.05) is 18.9 Å². The lowest BCUT2D eigenvalue weighted by Gasteiger charge is -2.31. The number of benzene rings is 1. The van der Waals surface area contributed by atoms with Crippen molar-refractivity contribution in [2.45, 2.75) is 18.4 Å². The van der Waals surface area contributed by atoms with Gasteiger partial charge in [0.2, 0.25) is 5.91 Å². The van der Waals surface area contributed by atoms with E-state index in [1.165, 1.54) is 0 Å². The van der Waals surface area contributed by atoms with Crippen LogP contribution in [0.15, 0.2) is 24.3 Å². The smallest absolute Gasteiger partial charge is 0.244 e. The van der Waals surface area contributed by atoms with Gasteiger partial charge in [-0.2, -0.15) is 0 Å². The molecule has 1 aliphatic rings. The minimum atomic E-state index is -0.821. The first-order valence-corrected chi connectivity index (χ1v) is 5.96. The van der Waals surface area contributed by atoms with Crippen LogP contribution in [0.5, 0.6) is 5.75 Å². The first-order chi connectivity index (χ1) is 8.64. The number of ether oxygens (including phenoxy) is 2. The van der Waals surface area contributed by atoms with E-state index in [2.05, 4.69) is 5.32 Å². The highest BCUT2D eigenvalue weighted by Gasteiger charge is 2.35. The standard InChI is InChI=1S/C13H18N2O3/c1-17-11-4-2-10(3-5-11)15-12(16)13(14)6-8-18-9-7-13/h2-5H,6-9,14H2,1H3,(H,15,16). The molecule has 0 radical (unpaired) electrons. The molecule has 0 spiro atoms. The quantitative estimate of drug-likeness (QED) is 0.843. The lowest BCUT2D eigenvalue weighted by molar-refractivity contribution is -0.124. The van der Waals surface area contributed by atoms with Crippen LogP contribution in [0.4, 0.5) is 5.69 Å². The van der Waals surface area contributed by atoms with Crippen molar-refractivity contribution in [3.8, 4) is 5.75 Å². The van der Waals surface area contributed by atoms with E-state index >= 15 is 0 Å². The SMILES string of the molecule is COc1ccc(NC(=O)C2(N)CCOCC2)cc1. The maximum Gasteiger partial charge on any atom is 0.244 e. The number of nitrogens with two attached hydrogens (primary N) is 1. The third-order valence-electron chi connectivity index (χ3n) is 3.19. The van der Waals surface area contributed by atoms with E-state index in [0.717, 1.165) is 11.4 Å². The van der Waals surface area contributed by atoms with Gasteiger partial charge >= 0.3 is 0 Å². The molecule has 0 saturated carbocycles. The zero-order valence-corrected chi connectivity index (χ0v) is 10.4. The van der Waals surface area contributed by atoms with Crippen molar-refractivity contribution < 1.29 is 14.3 Å². The molecular formula is C13H18N2O3. The monoisotopic (exact) mass is 250 g/mol. The van der Waals surface area contributed by atoms with Gasteiger partial charge in [0.05, 0.1) is 7.11 Å². The van der Waals surface area contributed by atoms with E-state index in [1.807, 2.05) is 0 Å². The third-order valence-corrected chi connectivity index (χ3v) is 3.19. The molecule has 0 aliphatic carbocycles. The summed E-state index contributed by atoms with van der Waals surface area (Å²) in [6.45, 7) is 1.07. The van der Waals surface area contributed by atoms with E-state index in [4.69, 9.17) is 15.2 Å². The molecule has 98 valence electrons. The van der Waals surface area contributed by atoms with Gasteiger partial charge in [0.25, 0.3) is 0 Å². The summed E-state index contributed by atoms with van der Waals surface area (Å²) in [4.78, 5) is 12.1. The summed E-state index contributed by atoms with van der Waals surface area (Å²) < 4.78 is 10.3. The third kappa shape index (κ3) is 2.80. The predicted molar refractivity (Wildman–Crippen MR) is 68.6 cm³/mol. The number of nitrogens with one attached hydrogen (secondary N) is 1. The molecule has 1 aromatic rings. The van der Waals surface area contributed by atoms with E-state index in [-0.39, 0.29) is 5.91 Å². The van der Waals surface area contributed by atoms with Crippen LogP contribution in [0.25, 0.3) is 0 Å². The zero-order valence-electron chi connectivity index (χ0n) is 10.4. The summed E-state index contributed by atoms with van der Waals surface area (Å²) in [5, 5.41) is 2.83. The van der Waals surface area contributed by atoms with Crippen molar-refractivity contribution in [2.75, 3.05) is 25.6 Å². The van der Waals surface area contributed by atoms with Crippen LogP contribution in [-0.2, 0) is 9.53 Å². The molecule has 1 fully saturated rings. The van der Waals surface area contributed by atoms with Gasteiger partial charge in [-0.3, -0.25) is 4.79 Å². The Morgan fingerprint density at radius 2 is 1.94 bits per heavy atom. The fourth-order valence-corrected chi connectivity index (χ4v) is 1.89. The topological polar surface area (TPSA) is 73.6 Å². The largest absolute Gasteiger partial charge is 0.497 e. The number of carbonyl (C=O) groups excluding carboxylic acids is 1. The maximum atomic E-state index is 12.1. The maximum absolute atomic E-state index is 12.1. The van der Waals surface area contributed by atoms with Gasteiger partial charge in [0.1, 0.15) is 11.3 Å². The molecule has 1 aliphatic heterocycles.